The third-order valence-corrected chi connectivity index (χ3v) is 10.8. The lowest BCUT2D eigenvalue weighted by molar-refractivity contribution is -0.148. The second-order valence-corrected chi connectivity index (χ2v) is 14.6. The maximum absolute atomic E-state index is 13.3. The van der Waals surface area contributed by atoms with Crippen LogP contribution in [-0.4, -0.2) is 110 Å². The molecule has 240 valence electrons. The molecule has 3 heterocycles. The van der Waals surface area contributed by atoms with Crippen molar-refractivity contribution >= 4 is 45.0 Å². The zero-order chi connectivity index (χ0) is 31.8. The van der Waals surface area contributed by atoms with Crippen LogP contribution in [0, 0.1) is 5.92 Å². The van der Waals surface area contributed by atoms with E-state index in [0.717, 1.165) is 11.1 Å². The Morgan fingerprint density at radius 2 is 1.48 bits per heavy atom. The topological polar surface area (TPSA) is 81.2 Å². The number of amides is 2. The fraction of sp³-hybridized carbons (Fsp3) is 0.533. The van der Waals surface area contributed by atoms with Crippen molar-refractivity contribution in [2.24, 2.45) is 5.92 Å². The molecule has 2 amide bonds. The summed E-state index contributed by atoms with van der Waals surface area (Å²) >= 11 is 13.4. The molecule has 3 saturated heterocycles. The molecule has 8 nitrogen and oxygen atoms in total. The Balaban J connectivity index is 1.19. The van der Waals surface area contributed by atoms with Gasteiger partial charge in [-0.2, -0.15) is 13.2 Å². The normalized spacial score (nSPS) is 21.3. The summed E-state index contributed by atoms with van der Waals surface area (Å²) in [5.74, 6) is -0.448. The maximum Gasteiger partial charge on any atom is 0.401 e. The standard InChI is InChI=1S/C30H35Cl2F3N4O4S/c1-44(42,43)38-9-7-24(8-10-38)39-11-6-22(29(39)41)16-25-26(31)17-23(18-27(25)32)20-2-4-21(5-3-20)28(40)37-14-12-36(13-15-37)19-30(33,34)35/h2-5,17-18,22,24H,6-16,19H2,1H3. The summed E-state index contributed by atoms with van der Waals surface area (Å²) < 4.78 is 63.1. The fourth-order valence-corrected chi connectivity index (χ4v) is 7.88. The predicted octanol–water partition coefficient (Wildman–Crippen LogP) is 4.80. The van der Waals surface area contributed by atoms with Crippen LogP contribution in [0.5, 0.6) is 0 Å². The SMILES string of the molecule is CS(=O)(=O)N1CCC(N2CCC(Cc3c(Cl)cc(-c4ccc(C(=O)N5CCN(CC(F)(F)F)CC5)cc4)cc3Cl)C2=O)CC1. The molecule has 3 aliphatic heterocycles. The molecule has 1 atom stereocenters. The number of hydrogen-bond donors (Lipinski definition) is 0. The van der Waals surface area contributed by atoms with Crippen molar-refractivity contribution in [2.45, 2.75) is 37.9 Å². The first-order valence-electron chi connectivity index (χ1n) is 14.6. The van der Waals surface area contributed by atoms with E-state index in [1.165, 1.54) is 15.5 Å². The van der Waals surface area contributed by atoms with Gasteiger partial charge in [0.2, 0.25) is 15.9 Å². The van der Waals surface area contributed by atoms with E-state index in [4.69, 9.17) is 23.2 Å². The molecule has 0 radical (unpaired) electrons. The van der Waals surface area contributed by atoms with Crippen molar-refractivity contribution in [3.8, 4) is 11.1 Å². The second kappa shape index (κ2) is 13.2. The lowest BCUT2D eigenvalue weighted by Crippen LogP contribution is -2.50. The quantitative estimate of drug-likeness (QED) is 0.422. The van der Waals surface area contributed by atoms with E-state index in [1.807, 2.05) is 4.90 Å². The van der Waals surface area contributed by atoms with Crippen LogP contribution in [0.4, 0.5) is 13.2 Å². The number of nitrogens with zero attached hydrogens (tertiary/aromatic N) is 4. The van der Waals surface area contributed by atoms with Crippen molar-refractivity contribution in [1.29, 1.82) is 0 Å². The van der Waals surface area contributed by atoms with Crippen molar-refractivity contribution in [3.05, 3.63) is 57.6 Å². The number of rotatable bonds is 7. The van der Waals surface area contributed by atoms with E-state index in [1.54, 1.807) is 41.3 Å². The van der Waals surface area contributed by atoms with E-state index in [-0.39, 0.29) is 50.0 Å². The number of piperazine rings is 1. The molecule has 14 heteroatoms. The molecule has 0 bridgehead atoms. The van der Waals surface area contributed by atoms with Crippen molar-refractivity contribution < 1.29 is 31.2 Å². The number of piperidine rings is 1. The van der Waals surface area contributed by atoms with Gasteiger partial charge in [0, 0.05) is 73.4 Å². The monoisotopic (exact) mass is 674 g/mol. The van der Waals surface area contributed by atoms with Crippen molar-refractivity contribution in [1.82, 2.24) is 19.0 Å². The van der Waals surface area contributed by atoms with Crippen LogP contribution >= 0.6 is 23.2 Å². The third-order valence-electron chi connectivity index (χ3n) is 8.80. The van der Waals surface area contributed by atoms with Crippen LogP contribution in [0.15, 0.2) is 36.4 Å². The molecular weight excluding hydrogens is 640 g/mol. The minimum absolute atomic E-state index is 0.0210. The Bertz CT molecular complexity index is 1470. The third kappa shape index (κ3) is 7.70. The first kappa shape index (κ1) is 33.0. The minimum Gasteiger partial charge on any atom is -0.339 e. The smallest absolute Gasteiger partial charge is 0.339 e. The predicted molar refractivity (Wildman–Crippen MR) is 163 cm³/mol. The van der Waals surface area contributed by atoms with Crippen molar-refractivity contribution in [3.63, 3.8) is 0 Å². The summed E-state index contributed by atoms with van der Waals surface area (Å²) in [6.07, 6.45) is -0.748. The van der Waals surface area contributed by atoms with E-state index in [2.05, 4.69) is 0 Å². The zero-order valence-electron chi connectivity index (χ0n) is 24.3. The van der Waals surface area contributed by atoms with Crippen LogP contribution in [0.1, 0.15) is 35.2 Å². The summed E-state index contributed by atoms with van der Waals surface area (Å²) in [4.78, 5) is 31.0. The fourth-order valence-electron chi connectivity index (χ4n) is 6.36. The van der Waals surface area contributed by atoms with E-state index < -0.39 is 22.7 Å². The highest BCUT2D eigenvalue weighted by atomic mass is 35.5. The summed E-state index contributed by atoms with van der Waals surface area (Å²) in [6.45, 7) is 1.26. The van der Waals surface area contributed by atoms with Gasteiger partial charge in [-0.25, -0.2) is 12.7 Å². The van der Waals surface area contributed by atoms with E-state index in [0.29, 0.717) is 66.5 Å². The Morgan fingerprint density at radius 3 is 2.02 bits per heavy atom. The van der Waals surface area contributed by atoms with Gasteiger partial charge in [0.1, 0.15) is 0 Å². The number of likely N-dealkylation sites (tertiary alicyclic amines) is 1. The highest BCUT2D eigenvalue weighted by molar-refractivity contribution is 7.88. The average molecular weight is 676 g/mol. The Kier molecular flexibility index (Phi) is 9.87. The number of hydrogen-bond acceptors (Lipinski definition) is 5. The lowest BCUT2D eigenvalue weighted by atomic mass is 9.95. The number of halogens is 5. The van der Waals surface area contributed by atoms with Crippen LogP contribution in [0.25, 0.3) is 11.1 Å². The summed E-state index contributed by atoms with van der Waals surface area (Å²) in [5.41, 5.74) is 2.68. The van der Waals surface area contributed by atoms with Crippen LogP contribution in [-0.2, 0) is 21.2 Å². The Hall–Kier alpha value is -2.38. The summed E-state index contributed by atoms with van der Waals surface area (Å²) in [7, 11) is -3.23. The molecule has 3 aliphatic rings. The lowest BCUT2D eigenvalue weighted by Gasteiger charge is -2.35. The molecule has 2 aromatic rings. The maximum atomic E-state index is 13.3. The number of carbonyl (C=O) groups excluding carboxylic acids is 2. The van der Waals surface area contributed by atoms with E-state index in [9.17, 15) is 31.2 Å². The first-order chi connectivity index (χ1) is 20.7. The molecule has 44 heavy (non-hydrogen) atoms. The van der Waals surface area contributed by atoms with Crippen LogP contribution in [0.2, 0.25) is 10.0 Å². The number of benzene rings is 2. The van der Waals surface area contributed by atoms with Gasteiger partial charge >= 0.3 is 6.18 Å². The van der Waals surface area contributed by atoms with Gasteiger partial charge in [-0.3, -0.25) is 14.5 Å². The molecule has 0 aliphatic carbocycles. The highest BCUT2D eigenvalue weighted by Gasteiger charge is 2.38. The van der Waals surface area contributed by atoms with Gasteiger partial charge in [0.15, 0.2) is 0 Å². The molecular formula is C30H35Cl2F3N4O4S. The first-order valence-corrected chi connectivity index (χ1v) is 17.2. The van der Waals surface area contributed by atoms with Gasteiger partial charge in [-0.05, 0) is 66.6 Å². The molecule has 0 N–H and O–H groups in total. The Labute approximate surface area is 265 Å². The van der Waals surface area contributed by atoms with Gasteiger partial charge in [-0.1, -0.05) is 35.3 Å². The second-order valence-electron chi connectivity index (χ2n) is 11.8. The number of carbonyl (C=O) groups is 2. The molecule has 3 fully saturated rings. The number of sulfonamides is 1. The zero-order valence-corrected chi connectivity index (χ0v) is 26.7. The molecule has 5 rings (SSSR count). The van der Waals surface area contributed by atoms with Gasteiger partial charge in [0.25, 0.3) is 5.91 Å². The number of alkyl halides is 3. The van der Waals surface area contributed by atoms with Crippen molar-refractivity contribution in [2.75, 3.05) is 58.6 Å². The van der Waals surface area contributed by atoms with Crippen LogP contribution in [0.3, 0.4) is 0 Å². The summed E-state index contributed by atoms with van der Waals surface area (Å²) in [5, 5.41) is 0.884. The van der Waals surface area contributed by atoms with Gasteiger partial charge in [0.05, 0.1) is 12.8 Å². The molecule has 1 unspecified atom stereocenters. The summed E-state index contributed by atoms with van der Waals surface area (Å²) in [6, 6.07) is 10.5. The Morgan fingerprint density at radius 1 is 0.886 bits per heavy atom. The average Bonchev–Trinajstić information content (AvgIpc) is 3.33. The minimum atomic E-state index is -4.26. The molecule has 0 spiro atoms. The van der Waals surface area contributed by atoms with E-state index >= 15 is 0 Å². The van der Waals surface area contributed by atoms with Gasteiger partial charge in [-0.15, -0.1) is 0 Å². The molecule has 2 aromatic carbocycles. The molecule has 0 saturated carbocycles. The van der Waals surface area contributed by atoms with Gasteiger partial charge < -0.3 is 9.80 Å². The highest BCUT2D eigenvalue weighted by Crippen LogP contribution is 2.36. The van der Waals surface area contributed by atoms with Crippen LogP contribution < -0.4 is 0 Å². The molecule has 0 aromatic heterocycles. The largest absolute Gasteiger partial charge is 0.401 e.